The van der Waals surface area contributed by atoms with Crippen molar-refractivity contribution >= 4 is 53.0 Å². The molecule has 0 radical (unpaired) electrons. The van der Waals surface area contributed by atoms with Gasteiger partial charge in [0, 0.05) is 137 Å². The lowest BCUT2D eigenvalue weighted by Gasteiger charge is -2.28. The van der Waals surface area contributed by atoms with E-state index in [-0.39, 0.29) is 159 Å². The molecule has 3 amide bonds. The van der Waals surface area contributed by atoms with Crippen LogP contribution < -0.4 is 16.7 Å². The molecule has 0 aliphatic heterocycles. The van der Waals surface area contributed by atoms with Gasteiger partial charge in [-0.05, 0) is 274 Å². The van der Waals surface area contributed by atoms with E-state index in [9.17, 15) is 86.9 Å². The lowest BCUT2D eigenvalue weighted by molar-refractivity contribution is -0.138. The maximum Gasteiger partial charge on any atom is 0.416 e. The minimum atomic E-state index is -4.69. The second kappa shape index (κ2) is 50.3. The van der Waals surface area contributed by atoms with Crippen molar-refractivity contribution in [3.8, 4) is 33.4 Å². The first-order valence-electron chi connectivity index (χ1n) is 61.5. The number of hydrogen-bond donors (Lipinski definition) is 0. The van der Waals surface area contributed by atoms with Crippen molar-refractivity contribution in [1.29, 1.82) is 0 Å². The highest BCUT2D eigenvalue weighted by atomic mass is 32.2. The SMILES string of the molecule is [2H]c1c([2H])c(-c2ccc(C(F)(F)F)cc2)c(C)c([2H])c1CN(C(=O)Cn1c(SC([2H])([2H])c2ccc(F)cc2)nc(=O)c2c1CCC2)C([2H])([2H])C([2H])([2H])N(C([2H])([2H])C)C([2H])([2H])C.[2H]c1c([2H])c(-c2ccc(C(F)(F)F)cc2)c(C)c([2H])c1CN(CCN(C([2H])([2H])C)C([2H])([2H])C)C(=O)Cn1c(SC([2H])([2H])c2ccc(F)cc2)nc(=O)c2c1CCC2.[2H]c1c([2H])c(C([2H])([2H])N(CCN(C([2H])([2H])C)C([2H])([2H])C)C(=O)Cn2c(SC([2H])([2H])c3ccc(F)cc3)nc(=O)c3c2CCC3)c([2H])c(C)c1-c1ccc(C(F)(F)F)cc1. The summed E-state index contributed by atoms with van der Waals surface area (Å²) in [5.74, 6) is -5.01. The number of amides is 3. The fourth-order valence-corrected chi connectivity index (χ4v) is 18.1. The normalized spacial score (nSPS) is 17.4. The van der Waals surface area contributed by atoms with E-state index in [0.29, 0.717) is 89.2 Å². The molecule has 762 valence electrons. The number of hydrogen-bond acceptors (Lipinski definition) is 15. The Bertz CT molecular complexity index is 8300. The van der Waals surface area contributed by atoms with Gasteiger partial charge in [-0.15, -0.1) is 0 Å². The first-order chi connectivity index (χ1) is 81.2. The van der Waals surface area contributed by atoms with E-state index in [0.717, 1.165) is 182 Å². The van der Waals surface area contributed by atoms with Gasteiger partial charge < -0.3 is 43.1 Å². The zero-order chi connectivity index (χ0) is 133. The summed E-state index contributed by atoms with van der Waals surface area (Å²) in [6.45, 7) is -21.7. The molecule has 12 aromatic rings. The van der Waals surface area contributed by atoms with Gasteiger partial charge in [0.25, 0.3) is 16.7 Å². The minimum absolute atomic E-state index is 0.00418. The van der Waals surface area contributed by atoms with Crippen molar-refractivity contribution in [3.63, 3.8) is 0 Å². The summed E-state index contributed by atoms with van der Waals surface area (Å²) < 4.78 is 452. The number of likely N-dealkylation sites (N-methyl/N-ethyl adjacent to an activating group) is 3. The Labute approximate surface area is 891 Å². The summed E-state index contributed by atoms with van der Waals surface area (Å²) in [5.41, 5.74) is -11.5. The molecule has 0 spiro atoms. The minimum Gasteiger partial charge on any atom is -0.336 e. The number of aromatic nitrogens is 6. The number of alkyl halides is 9. The summed E-state index contributed by atoms with van der Waals surface area (Å²) >= 11 is 1.36. The van der Waals surface area contributed by atoms with Gasteiger partial charge in [-0.2, -0.15) is 54.5 Å². The number of halogens is 12. The zero-order valence-corrected chi connectivity index (χ0v) is 81.6. The van der Waals surface area contributed by atoms with Crippen LogP contribution in [0.15, 0.2) is 230 Å². The summed E-state index contributed by atoms with van der Waals surface area (Å²) in [4.78, 5) is 99.3. The fourth-order valence-electron chi connectivity index (χ4n) is 15.8. The van der Waals surface area contributed by atoms with Crippen molar-refractivity contribution < 1.29 is 112 Å². The van der Waals surface area contributed by atoms with Crippen LogP contribution in [0.2, 0.25) is 0 Å². The molecule has 15 rings (SSSR count). The number of rotatable bonds is 39. The number of carbonyl (C=O) groups excluding carboxylic acids is 3. The maximum atomic E-state index is 14.8. The average Bonchev–Trinajstić information content (AvgIpc) is 1.42. The average molecular weight is 2080 g/mol. The quantitative estimate of drug-likeness (QED) is 0.0202. The van der Waals surface area contributed by atoms with Gasteiger partial charge in [-0.3, -0.25) is 28.8 Å². The third-order valence-corrected chi connectivity index (χ3v) is 25.7. The number of benzene rings is 9. The number of fused-ring (bicyclic) bond motifs is 3. The van der Waals surface area contributed by atoms with Gasteiger partial charge in [0.15, 0.2) is 15.5 Å². The van der Waals surface area contributed by atoms with E-state index < -0.39 is 268 Å². The number of thioether (sulfide) groups is 3. The lowest BCUT2D eigenvalue weighted by atomic mass is 9.97. The summed E-state index contributed by atoms with van der Waals surface area (Å²) in [7, 11) is 0. The fraction of sp³-hybridized carbons (Fsp3) is 0.378. The molecule has 18 nitrogen and oxygen atoms in total. The molecule has 0 saturated heterocycles. The predicted octanol–water partition coefficient (Wildman–Crippen LogP) is 22.6. The molecule has 9 aromatic carbocycles. The molecule has 3 aliphatic rings. The Morgan fingerprint density at radius 2 is 0.639 bits per heavy atom. The highest BCUT2D eigenvalue weighted by Gasteiger charge is 2.35. The molecule has 3 aromatic heterocycles. The van der Waals surface area contributed by atoms with Crippen LogP contribution in [0, 0.1) is 38.2 Å². The van der Waals surface area contributed by atoms with Crippen LogP contribution in [0.25, 0.3) is 33.4 Å². The molecule has 33 heteroatoms. The Kier molecular flexibility index (Phi) is 25.3. The highest BCUT2D eigenvalue weighted by molar-refractivity contribution is 7.98. The van der Waals surface area contributed by atoms with Crippen LogP contribution in [0.3, 0.4) is 0 Å². The first-order valence-corrected chi connectivity index (χ1v) is 47.4. The molecule has 0 atom stereocenters. The highest BCUT2D eigenvalue weighted by Crippen LogP contribution is 2.39. The molecule has 0 unspecified atom stereocenters. The molecule has 0 saturated carbocycles. The predicted molar refractivity (Wildman–Crippen MR) is 544 cm³/mol. The van der Waals surface area contributed by atoms with Crippen LogP contribution >= 0.6 is 35.3 Å². The molecular formula is C111H120F12N12O6S3. The van der Waals surface area contributed by atoms with E-state index in [4.69, 9.17) is 39.8 Å². The Morgan fingerprint density at radius 3 is 0.951 bits per heavy atom. The monoisotopic (exact) mass is 2070 g/mol. The van der Waals surface area contributed by atoms with Crippen LogP contribution in [0.1, 0.15) is 207 Å². The van der Waals surface area contributed by atoms with E-state index in [1.165, 1.54) is 54.2 Å². The van der Waals surface area contributed by atoms with Crippen molar-refractivity contribution in [2.24, 2.45) is 0 Å². The standard InChI is InChI=1S/3C37H40F4N4O2S/c3*1-4-43(5-2)19-20-44(22-27-11-18-31(25(3)21-27)28-12-14-29(15-13-28)37(39,40)41)34(46)23-45-33-8-6-7-32(33)35(47)42-36(45)48-24-26-9-16-30(38)17-10-26/h3*9-18,21H,4-8,19-20,22-24H2,1-3H3/i4D2,5D2,11D,18D,19D2,20D2,21D,24D2;4D2,5D2,11D,18D,21D,22D2,24D2;4D2,5D2,11D,18D,21D,24D2. The van der Waals surface area contributed by atoms with Crippen molar-refractivity contribution in [1.82, 2.24) is 58.1 Å². The van der Waals surface area contributed by atoms with Gasteiger partial charge >= 0.3 is 18.5 Å². The molecule has 3 heterocycles. The molecule has 0 fully saturated rings. The Morgan fingerprint density at radius 1 is 0.354 bits per heavy atom. The Balaban J connectivity index is 0.000000216. The van der Waals surface area contributed by atoms with Crippen molar-refractivity contribution in [2.75, 3.05) is 78.2 Å². The van der Waals surface area contributed by atoms with Crippen molar-refractivity contribution in [2.45, 2.75) is 210 Å². The summed E-state index contributed by atoms with van der Waals surface area (Å²) in [6, 6.07) is 19.3. The molecule has 0 N–H and O–H groups in total. The van der Waals surface area contributed by atoms with E-state index in [1.807, 2.05) is 0 Å². The maximum absolute atomic E-state index is 14.8. The van der Waals surface area contributed by atoms with Gasteiger partial charge in [-0.25, -0.2) is 13.2 Å². The lowest BCUT2D eigenvalue weighted by Crippen LogP contribution is -2.40. The topological polar surface area (TPSA) is 175 Å². The van der Waals surface area contributed by atoms with Crippen LogP contribution in [-0.4, -0.2) is 154 Å². The van der Waals surface area contributed by atoms with E-state index >= 15 is 0 Å². The van der Waals surface area contributed by atoms with Gasteiger partial charge in [0.05, 0.1) is 34.5 Å². The summed E-state index contributed by atoms with van der Waals surface area (Å²) in [5, 5.41) is -0.796. The third kappa shape index (κ3) is 29.1. The summed E-state index contributed by atoms with van der Waals surface area (Å²) in [6.07, 6.45) is -10.9. The molecule has 3 aliphatic carbocycles. The zero-order valence-electron chi connectivity index (χ0n) is 112. The van der Waals surface area contributed by atoms with Crippen LogP contribution in [-0.2, 0) is 128 Å². The second-order valence-corrected chi connectivity index (χ2v) is 35.0. The largest absolute Gasteiger partial charge is 0.416 e. The molecule has 144 heavy (non-hydrogen) atoms. The van der Waals surface area contributed by atoms with Gasteiger partial charge in [-0.1, -0.05) is 204 Å². The van der Waals surface area contributed by atoms with Crippen LogP contribution in [0.4, 0.5) is 52.7 Å². The Hall–Kier alpha value is -11.9. The van der Waals surface area contributed by atoms with Gasteiger partial charge in [0.1, 0.15) is 37.1 Å². The molecule has 0 bridgehead atoms. The number of carbonyl (C=O) groups is 3. The molecular weight excluding hydrogens is 1920 g/mol. The van der Waals surface area contributed by atoms with E-state index in [1.54, 1.807) is 0 Å². The van der Waals surface area contributed by atoms with Crippen LogP contribution in [0.5, 0.6) is 0 Å². The smallest absolute Gasteiger partial charge is 0.336 e. The second-order valence-electron chi connectivity index (χ2n) is 32.7. The number of nitrogens with zero attached hydrogens (tertiary/aromatic N) is 12. The van der Waals surface area contributed by atoms with E-state index in [2.05, 4.69) is 15.0 Å². The van der Waals surface area contributed by atoms with Crippen molar-refractivity contribution in [3.05, 3.63) is 349 Å². The first kappa shape index (κ1) is 72.4. The van der Waals surface area contributed by atoms with Gasteiger partial charge in [0.2, 0.25) is 17.7 Å². The third-order valence-electron chi connectivity index (χ3n) is 23.2.